The number of nitrogens with zero attached hydrogens (tertiary/aromatic N) is 5. The van der Waals surface area contributed by atoms with E-state index in [4.69, 9.17) is 0 Å². The minimum Gasteiger partial charge on any atom is -0.346 e. The Morgan fingerprint density at radius 3 is 2.88 bits per heavy atom. The van der Waals surface area contributed by atoms with Crippen LogP contribution in [0.4, 0.5) is 18.3 Å². The number of rotatable bonds is 2. The van der Waals surface area contributed by atoms with Gasteiger partial charge in [-0.25, -0.2) is 9.97 Å². The normalized spacial score (nSPS) is 18.8. The Morgan fingerprint density at radius 2 is 2.16 bits per heavy atom. The third-order valence-corrected chi connectivity index (χ3v) is 6.00. The van der Waals surface area contributed by atoms with E-state index >= 15 is 0 Å². The van der Waals surface area contributed by atoms with Crippen molar-refractivity contribution in [2.24, 2.45) is 0 Å². The zero-order chi connectivity index (χ0) is 17.6. The second-order valence-corrected chi connectivity index (χ2v) is 7.54. The van der Waals surface area contributed by atoms with Crippen molar-refractivity contribution in [3.63, 3.8) is 0 Å². The van der Waals surface area contributed by atoms with Gasteiger partial charge in [0.2, 0.25) is 10.1 Å². The molecule has 3 aromatic heterocycles. The van der Waals surface area contributed by atoms with E-state index in [1.54, 1.807) is 0 Å². The summed E-state index contributed by atoms with van der Waals surface area (Å²) in [4.78, 5) is 22.2. The number of alkyl halides is 3. The van der Waals surface area contributed by atoms with Gasteiger partial charge in [0.1, 0.15) is 0 Å². The molecule has 132 valence electrons. The molecule has 3 aromatic rings. The highest BCUT2D eigenvalue weighted by molar-refractivity contribution is 7.20. The second-order valence-electron chi connectivity index (χ2n) is 5.72. The average molecular weight is 387 g/mol. The Morgan fingerprint density at radius 1 is 1.32 bits per heavy atom. The third kappa shape index (κ3) is 3.13. The first-order chi connectivity index (χ1) is 11.9. The van der Waals surface area contributed by atoms with Crippen molar-refractivity contribution in [1.29, 1.82) is 0 Å². The van der Waals surface area contributed by atoms with E-state index < -0.39 is 11.9 Å². The van der Waals surface area contributed by atoms with Gasteiger partial charge in [0.25, 0.3) is 5.56 Å². The fourth-order valence-electron chi connectivity index (χ4n) is 2.82. The molecule has 1 saturated heterocycles. The van der Waals surface area contributed by atoms with Crippen LogP contribution in [0.2, 0.25) is 0 Å². The number of halogens is 3. The highest BCUT2D eigenvalue weighted by Gasteiger charge is 2.35. The van der Waals surface area contributed by atoms with Crippen molar-refractivity contribution in [3.8, 4) is 0 Å². The molecule has 4 rings (SSSR count). The first-order valence-corrected chi connectivity index (χ1v) is 9.24. The second kappa shape index (κ2) is 6.06. The number of aromatic nitrogens is 4. The topological polar surface area (TPSA) is 63.4 Å². The van der Waals surface area contributed by atoms with Crippen LogP contribution in [0.3, 0.4) is 0 Å². The predicted molar refractivity (Wildman–Crippen MR) is 88.4 cm³/mol. The van der Waals surface area contributed by atoms with Gasteiger partial charge in [0.05, 0.1) is 5.01 Å². The minimum absolute atomic E-state index is 0.0773. The Kier molecular flexibility index (Phi) is 3.99. The van der Waals surface area contributed by atoms with Crippen LogP contribution in [0.15, 0.2) is 22.4 Å². The van der Waals surface area contributed by atoms with E-state index in [2.05, 4.69) is 15.1 Å². The zero-order valence-electron chi connectivity index (χ0n) is 12.7. The maximum Gasteiger partial charge on any atom is 0.434 e. The lowest BCUT2D eigenvalue weighted by molar-refractivity contribution is -0.140. The van der Waals surface area contributed by atoms with Gasteiger partial charge in [-0.2, -0.15) is 17.7 Å². The fraction of sp³-hybridized carbons (Fsp3) is 0.429. The lowest BCUT2D eigenvalue weighted by atomic mass is 9.99. The Hall–Kier alpha value is -2.01. The maximum absolute atomic E-state index is 12.8. The highest BCUT2D eigenvalue weighted by Crippen LogP contribution is 2.36. The smallest absolute Gasteiger partial charge is 0.346 e. The first kappa shape index (κ1) is 16.5. The van der Waals surface area contributed by atoms with Gasteiger partial charge in [-0.15, -0.1) is 16.4 Å². The quantitative estimate of drug-likeness (QED) is 0.676. The minimum atomic E-state index is -4.41. The maximum atomic E-state index is 12.8. The number of piperidine rings is 1. The first-order valence-electron chi connectivity index (χ1n) is 7.54. The monoisotopic (exact) mass is 387 g/mol. The molecule has 0 saturated carbocycles. The van der Waals surface area contributed by atoms with Gasteiger partial charge in [0.15, 0.2) is 5.69 Å². The van der Waals surface area contributed by atoms with Gasteiger partial charge in [-0.05, 0) is 12.8 Å². The van der Waals surface area contributed by atoms with Crippen LogP contribution in [0.25, 0.3) is 4.96 Å². The van der Waals surface area contributed by atoms with E-state index in [1.165, 1.54) is 28.1 Å². The van der Waals surface area contributed by atoms with Crippen LogP contribution < -0.4 is 10.5 Å². The fourth-order valence-corrected chi connectivity index (χ4v) is 4.69. The molecule has 0 bridgehead atoms. The third-order valence-electron chi connectivity index (χ3n) is 4.01. The molecule has 0 spiro atoms. The van der Waals surface area contributed by atoms with Crippen molar-refractivity contribution >= 4 is 32.8 Å². The molecule has 0 N–H and O–H groups in total. The molecule has 0 radical (unpaired) electrons. The lowest BCUT2D eigenvalue weighted by Crippen LogP contribution is -2.34. The van der Waals surface area contributed by atoms with Crippen LogP contribution in [0.1, 0.15) is 29.5 Å². The number of fused-ring (bicyclic) bond motifs is 1. The van der Waals surface area contributed by atoms with Gasteiger partial charge in [-0.3, -0.25) is 4.79 Å². The SMILES string of the molecule is O=c1ccnc2sc(N3CCCC(c4nc(C(F)(F)F)cs4)C3)nn12. The molecule has 1 fully saturated rings. The van der Waals surface area contributed by atoms with Gasteiger partial charge in [0, 0.05) is 36.7 Å². The van der Waals surface area contributed by atoms with Gasteiger partial charge < -0.3 is 4.90 Å². The van der Waals surface area contributed by atoms with Crippen LogP contribution in [-0.4, -0.2) is 32.7 Å². The molecule has 0 aliphatic carbocycles. The Bertz CT molecular complexity index is 963. The molecule has 11 heteroatoms. The standard InChI is InChI=1S/C14H12F3N5OS2/c15-14(16,17)9-7-24-11(19-9)8-2-1-5-21(6-8)13-20-22-10(23)3-4-18-12(22)25-13/h3-4,7-8H,1-2,5-6H2. The van der Waals surface area contributed by atoms with Crippen molar-refractivity contribution in [2.75, 3.05) is 18.0 Å². The van der Waals surface area contributed by atoms with Crippen LogP contribution in [0.5, 0.6) is 0 Å². The van der Waals surface area contributed by atoms with Crippen molar-refractivity contribution in [1.82, 2.24) is 19.6 Å². The summed E-state index contributed by atoms with van der Waals surface area (Å²) in [5.74, 6) is -0.0773. The van der Waals surface area contributed by atoms with E-state index in [0.29, 0.717) is 21.6 Å². The molecule has 4 heterocycles. The molecule has 1 unspecified atom stereocenters. The molecular weight excluding hydrogens is 375 g/mol. The molecule has 1 atom stereocenters. The van der Waals surface area contributed by atoms with E-state index in [1.807, 2.05) is 4.90 Å². The summed E-state index contributed by atoms with van der Waals surface area (Å²) in [6, 6.07) is 1.34. The number of anilines is 1. The molecule has 0 amide bonds. The predicted octanol–water partition coefficient (Wildman–Crippen LogP) is 3.01. The van der Waals surface area contributed by atoms with Gasteiger partial charge >= 0.3 is 6.18 Å². The molecule has 6 nitrogen and oxygen atoms in total. The molecule has 1 aliphatic heterocycles. The summed E-state index contributed by atoms with van der Waals surface area (Å²) in [6.45, 7) is 1.27. The zero-order valence-corrected chi connectivity index (χ0v) is 14.4. The molecular formula is C14H12F3N5OS2. The van der Waals surface area contributed by atoms with Crippen molar-refractivity contribution in [3.05, 3.63) is 38.7 Å². The van der Waals surface area contributed by atoms with Crippen molar-refractivity contribution in [2.45, 2.75) is 24.9 Å². The van der Waals surface area contributed by atoms with E-state index in [-0.39, 0.29) is 11.5 Å². The summed E-state index contributed by atoms with van der Waals surface area (Å²) < 4.78 is 39.5. The number of hydrogen-bond donors (Lipinski definition) is 0. The van der Waals surface area contributed by atoms with Crippen LogP contribution in [-0.2, 0) is 6.18 Å². The largest absolute Gasteiger partial charge is 0.434 e. The summed E-state index contributed by atoms with van der Waals surface area (Å²) in [5.41, 5.74) is -1.09. The van der Waals surface area contributed by atoms with Crippen LogP contribution in [0, 0.1) is 0 Å². The van der Waals surface area contributed by atoms with E-state index in [9.17, 15) is 18.0 Å². The van der Waals surface area contributed by atoms with Gasteiger partial charge in [-0.1, -0.05) is 11.3 Å². The summed E-state index contributed by atoms with van der Waals surface area (Å²) in [6.07, 6.45) is -1.37. The Labute approximate surface area is 147 Å². The number of thiazole rings is 1. The summed E-state index contributed by atoms with van der Waals surface area (Å²) >= 11 is 2.34. The summed E-state index contributed by atoms with van der Waals surface area (Å²) in [7, 11) is 0. The van der Waals surface area contributed by atoms with E-state index in [0.717, 1.165) is 36.1 Å². The highest BCUT2D eigenvalue weighted by atomic mass is 32.1. The lowest BCUT2D eigenvalue weighted by Gasteiger charge is -2.31. The average Bonchev–Trinajstić information content (AvgIpc) is 3.22. The Balaban J connectivity index is 1.59. The molecule has 25 heavy (non-hydrogen) atoms. The molecule has 1 aliphatic rings. The van der Waals surface area contributed by atoms with Crippen LogP contribution >= 0.6 is 22.7 Å². The summed E-state index contributed by atoms with van der Waals surface area (Å²) in [5, 5.41) is 6.50. The number of hydrogen-bond acceptors (Lipinski definition) is 7. The van der Waals surface area contributed by atoms with Crippen molar-refractivity contribution < 1.29 is 13.2 Å². The molecule has 0 aromatic carbocycles.